The Morgan fingerprint density at radius 1 is 1.12 bits per heavy atom. The van der Waals surface area contributed by atoms with E-state index in [0.29, 0.717) is 12.5 Å². The van der Waals surface area contributed by atoms with Crippen LogP contribution in [0, 0.1) is 5.92 Å². The number of carbonyl (C=O) groups excluding carboxylic acids is 2. The van der Waals surface area contributed by atoms with Gasteiger partial charge in [0.15, 0.2) is 0 Å². The molecule has 0 saturated carbocycles. The largest absolute Gasteiger partial charge is 0.369 e. The Labute approximate surface area is 95.3 Å². The van der Waals surface area contributed by atoms with Crippen molar-refractivity contribution in [1.82, 2.24) is 10.2 Å². The van der Waals surface area contributed by atoms with Crippen LogP contribution in [-0.4, -0.2) is 49.4 Å². The molecule has 1 saturated heterocycles. The van der Waals surface area contributed by atoms with Crippen LogP contribution in [0.2, 0.25) is 0 Å². The molecule has 6 nitrogen and oxygen atoms in total. The van der Waals surface area contributed by atoms with Crippen LogP contribution in [0.5, 0.6) is 0 Å². The van der Waals surface area contributed by atoms with Gasteiger partial charge in [0.25, 0.3) is 0 Å². The fraction of sp³-hybridized carbons (Fsp3) is 0.800. The predicted molar refractivity (Wildman–Crippen MR) is 60.4 cm³/mol. The molecule has 1 rings (SSSR count). The van der Waals surface area contributed by atoms with Crippen molar-refractivity contribution in [3.05, 3.63) is 0 Å². The normalized spacial score (nSPS) is 17.6. The van der Waals surface area contributed by atoms with Gasteiger partial charge in [-0.2, -0.15) is 0 Å². The second-order valence-electron chi connectivity index (χ2n) is 4.30. The molecule has 1 heterocycles. The summed E-state index contributed by atoms with van der Waals surface area (Å²) in [4.78, 5) is 23.4. The molecule has 0 aromatic heterocycles. The fourth-order valence-corrected chi connectivity index (χ4v) is 2.06. The Hall–Kier alpha value is -1.14. The molecule has 0 spiro atoms. The molecule has 0 unspecified atom stereocenters. The zero-order valence-corrected chi connectivity index (χ0v) is 9.45. The summed E-state index contributed by atoms with van der Waals surface area (Å²) in [6.07, 6.45) is 2.13. The molecule has 0 radical (unpaired) electrons. The number of carbonyl (C=O) groups is 2. The first-order valence-electron chi connectivity index (χ1n) is 5.57. The van der Waals surface area contributed by atoms with Gasteiger partial charge >= 0.3 is 0 Å². The number of nitrogens with two attached hydrogens (primary N) is 2. The molecule has 6 heteroatoms. The number of rotatable bonds is 6. The van der Waals surface area contributed by atoms with Crippen molar-refractivity contribution in [2.45, 2.75) is 12.8 Å². The quantitative estimate of drug-likeness (QED) is 0.502. The molecule has 0 bridgehead atoms. The van der Waals surface area contributed by atoms with E-state index in [1.54, 1.807) is 4.90 Å². The van der Waals surface area contributed by atoms with Gasteiger partial charge in [-0.1, -0.05) is 0 Å². The Balaban J connectivity index is 2.40. The van der Waals surface area contributed by atoms with Crippen LogP contribution >= 0.6 is 0 Å². The average molecular weight is 228 g/mol. The summed E-state index contributed by atoms with van der Waals surface area (Å²) in [7, 11) is 0. The molecule has 1 aliphatic rings. The van der Waals surface area contributed by atoms with Crippen LogP contribution in [0.4, 0.5) is 0 Å². The van der Waals surface area contributed by atoms with Gasteiger partial charge in [-0.3, -0.25) is 14.5 Å². The van der Waals surface area contributed by atoms with E-state index in [-0.39, 0.29) is 13.1 Å². The molecule has 0 aliphatic carbocycles. The molecule has 0 aromatic carbocycles. The van der Waals surface area contributed by atoms with E-state index in [1.807, 2.05) is 0 Å². The van der Waals surface area contributed by atoms with Crippen LogP contribution in [-0.2, 0) is 9.59 Å². The molecule has 1 fully saturated rings. The van der Waals surface area contributed by atoms with Crippen LogP contribution in [0.3, 0.4) is 0 Å². The van der Waals surface area contributed by atoms with Crippen LogP contribution in [0.1, 0.15) is 12.8 Å². The predicted octanol–water partition coefficient (Wildman–Crippen LogP) is -1.74. The first-order valence-corrected chi connectivity index (χ1v) is 5.57. The van der Waals surface area contributed by atoms with Crippen molar-refractivity contribution in [3.63, 3.8) is 0 Å². The number of hydrogen-bond donors (Lipinski definition) is 3. The van der Waals surface area contributed by atoms with Crippen LogP contribution in [0.25, 0.3) is 0 Å². The highest BCUT2D eigenvalue weighted by molar-refractivity contribution is 5.79. The lowest BCUT2D eigenvalue weighted by molar-refractivity contribution is -0.122. The summed E-state index contributed by atoms with van der Waals surface area (Å²) < 4.78 is 0. The number of nitrogens with zero attached hydrogens (tertiary/aromatic N) is 1. The third kappa shape index (κ3) is 5.09. The van der Waals surface area contributed by atoms with Crippen molar-refractivity contribution in [2.75, 3.05) is 32.7 Å². The summed E-state index contributed by atoms with van der Waals surface area (Å²) in [5.41, 5.74) is 10.3. The minimum atomic E-state index is -0.421. The van der Waals surface area contributed by atoms with Gasteiger partial charge in [-0.05, 0) is 31.8 Å². The number of amides is 2. The highest BCUT2D eigenvalue weighted by Gasteiger charge is 2.19. The van der Waals surface area contributed by atoms with Gasteiger partial charge in [0.2, 0.25) is 11.8 Å². The van der Waals surface area contributed by atoms with Gasteiger partial charge in [0.05, 0.1) is 13.1 Å². The van der Waals surface area contributed by atoms with Crippen molar-refractivity contribution in [1.29, 1.82) is 0 Å². The molecular weight excluding hydrogens is 208 g/mol. The first kappa shape index (κ1) is 12.9. The average Bonchev–Trinajstić information content (AvgIpc) is 2.16. The maximum atomic E-state index is 10.8. The highest BCUT2D eigenvalue weighted by atomic mass is 16.2. The van der Waals surface area contributed by atoms with Crippen molar-refractivity contribution in [3.8, 4) is 0 Å². The molecule has 16 heavy (non-hydrogen) atoms. The SMILES string of the molecule is NC(=O)CN(CC(N)=O)CC1CCNCC1. The molecule has 0 aromatic rings. The van der Waals surface area contributed by atoms with Crippen LogP contribution in [0.15, 0.2) is 0 Å². The molecule has 92 valence electrons. The Morgan fingerprint density at radius 2 is 1.62 bits per heavy atom. The maximum Gasteiger partial charge on any atom is 0.231 e. The summed E-state index contributed by atoms with van der Waals surface area (Å²) in [6, 6.07) is 0. The third-order valence-electron chi connectivity index (χ3n) is 2.73. The fourth-order valence-electron chi connectivity index (χ4n) is 2.06. The van der Waals surface area contributed by atoms with E-state index in [9.17, 15) is 9.59 Å². The zero-order chi connectivity index (χ0) is 12.0. The monoisotopic (exact) mass is 228 g/mol. The Kier molecular flexibility index (Phi) is 5.21. The zero-order valence-electron chi connectivity index (χ0n) is 9.45. The van der Waals surface area contributed by atoms with Crippen molar-refractivity contribution in [2.24, 2.45) is 17.4 Å². The molecule has 0 atom stereocenters. The van der Waals surface area contributed by atoms with Gasteiger partial charge < -0.3 is 16.8 Å². The van der Waals surface area contributed by atoms with Crippen molar-refractivity contribution >= 4 is 11.8 Å². The molecular formula is C10H20N4O2. The summed E-state index contributed by atoms with van der Waals surface area (Å²) in [5, 5.41) is 3.27. The minimum absolute atomic E-state index is 0.104. The van der Waals surface area contributed by atoms with Crippen LogP contribution < -0.4 is 16.8 Å². The summed E-state index contributed by atoms with van der Waals surface area (Å²) >= 11 is 0. The lowest BCUT2D eigenvalue weighted by Gasteiger charge is -2.28. The lowest BCUT2D eigenvalue weighted by atomic mass is 9.97. The minimum Gasteiger partial charge on any atom is -0.369 e. The van der Waals surface area contributed by atoms with Gasteiger partial charge in [0.1, 0.15) is 0 Å². The Morgan fingerprint density at radius 3 is 2.06 bits per heavy atom. The van der Waals surface area contributed by atoms with Gasteiger partial charge in [-0.25, -0.2) is 0 Å². The number of piperidine rings is 1. The standard InChI is InChI=1S/C10H20N4O2/c11-9(15)6-14(7-10(12)16)5-8-1-3-13-4-2-8/h8,13H,1-7H2,(H2,11,15)(H2,12,16). The number of hydrogen-bond acceptors (Lipinski definition) is 4. The molecule has 1 aliphatic heterocycles. The number of primary amides is 2. The summed E-state index contributed by atoms with van der Waals surface area (Å²) in [6.45, 7) is 2.91. The van der Waals surface area contributed by atoms with E-state index in [0.717, 1.165) is 25.9 Å². The summed E-state index contributed by atoms with van der Waals surface area (Å²) in [5.74, 6) is -0.328. The van der Waals surface area contributed by atoms with Gasteiger partial charge in [0, 0.05) is 6.54 Å². The third-order valence-corrected chi connectivity index (χ3v) is 2.73. The highest BCUT2D eigenvalue weighted by Crippen LogP contribution is 2.12. The first-order chi connectivity index (χ1) is 7.58. The molecule has 5 N–H and O–H groups in total. The van der Waals surface area contributed by atoms with E-state index in [2.05, 4.69) is 5.32 Å². The van der Waals surface area contributed by atoms with E-state index >= 15 is 0 Å². The Bertz CT molecular complexity index is 235. The lowest BCUT2D eigenvalue weighted by Crippen LogP contribution is -2.43. The second kappa shape index (κ2) is 6.44. The van der Waals surface area contributed by atoms with E-state index < -0.39 is 11.8 Å². The smallest absolute Gasteiger partial charge is 0.231 e. The topological polar surface area (TPSA) is 101 Å². The van der Waals surface area contributed by atoms with Gasteiger partial charge in [-0.15, -0.1) is 0 Å². The molecule has 2 amide bonds. The van der Waals surface area contributed by atoms with E-state index in [1.165, 1.54) is 0 Å². The van der Waals surface area contributed by atoms with Crippen molar-refractivity contribution < 1.29 is 9.59 Å². The second-order valence-corrected chi connectivity index (χ2v) is 4.30. The van der Waals surface area contributed by atoms with E-state index in [4.69, 9.17) is 11.5 Å². The maximum absolute atomic E-state index is 10.8. The number of nitrogens with one attached hydrogen (secondary N) is 1.